The van der Waals surface area contributed by atoms with Crippen LogP contribution in [-0.4, -0.2) is 22.9 Å². The van der Waals surface area contributed by atoms with Crippen LogP contribution in [-0.2, 0) is 0 Å². The first-order valence-electron chi connectivity index (χ1n) is 9.98. The molecule has 160 valence electrons. The van der Waals surface area contributed by atoms with Gasteiger partial charge in [0.1, 0.15) is 5.75 Å². The number of pyridine rings is 1. The summed E-state index contributed by atoms with van der Waals surface area (Å²) in [5, 5.41) is 14.6. The van der Waals surface area contributed by atoms with E-state index < -0.39 is 10.8 Å². The van der Waals surface area contributed by atoms with E-state index in [0.29, 0.717) is 27.9 Å². The van der Waals surface area contributed by atoms with Crippen LogP contribution >= 0.6 is 0 Å². The molecule has 7 heteroatoms. The van der Waals surface area contributed by atoms with E-state index in [2.05, 4.69) is 5.32 Å². The number of nitrogens with one attached hydrogen (secondary N) is 1. The van der Waals surface area contributed by atoms with Crippen molar-refractivity contribution in [2.45, 2.75) is 13.8 Å². The average Bonchev–Trinajstić information content (AvgIpc) is 2.79. The van der Waals surface area contributed by atoms with Crippen LogP contribution in [0.5, 0.6) is 5.75 Å². The summed E-state index contributed by atoms with van der Waals surface area (Å²) in [6.07, 6.45) is 0. The molecule has 1 N–H and O–H groups in total. The highest BCUT2D eigenvalue weighted by Gasteiger charge is 2.18. The summed E-state index contributed by atoms with van der Waals surface area (Å²) in [6.45, 7) is 4.01. The van der Waals surface area contributed by atoms with Crippen LogP contribution in [0.2, 0.25) is 0 Å². The number of para-hydroxylation sites is 1. The summed E-state index contributed by atoms with van der Waals surface area (Å²) in [7, 11) is 1.44. The average molecular weight is 427 g/mol. The van der Waals surface area contributed by atoms with Crippen molar-refractivity contribution >= 4 is 28.2 Å². The third-order valence-electron chi connectivity index (χ3n) is 5.27. The molecule has 4 aromatic rings. The molecule has 32 heavy (non-hydrogen) atoms. The van der Waals surface area contributed by atoms with E-state index >= 15 is 0 Å². The maximum Gasteiger partial charge on any atom is 0.271 e. The molecule has 1 amide bonds. The fraction of sp³-hybridized carbons (Fsp3) is 0.120. The number of hydrogen-bond donors (Lipinski definition) is 1. The number of fused-ring (bicyclic) bond motifs is 1. The first-order valence-corrected chi connectivity index (χ1v) is 9.98. The maximum absolute atomic E-state index is 13.3. The molecule has 0 aliphatic rings. The van der Waals surface area contributed by atoms with E-state index in [9.17, 15) is 14.9 Å². The molecule has 3 aromatic carbocycles. The normalized spacial score (nSPS) is 10.7. The van der Waals surface area contributed by atoms with Gasteiger partial charge in [0.15, 0.2) is 0 Å². The third-order valence-corrected chi connectivity index (χ3v) is 5.27. The molecule has 1 heterocycles. The molecule has 0 spiro atoms. The Labute approximate surface area is 184 Å². The first-order chi connectivity index (χ1) is 15.4. The van der Waals surface area contributed by atoms with Crippen molar-refractivity contribution in [1.29, 1.82) is 0 Å². The molecule has 0 atom stereocenters. The van der Waals surface area contributed by atoms with Crippen molar-refractivity contribution in [3.05, 3.63) is 93.5 Å². The quantitative estimate of drug-likeness (QED) is 0.326. The van der Waals surface area contributed by atoms with Gasteiger partial charge < -0.3 is 10.1 Å². The lowest BCUT2D eigenvalue weighted by Crippen LogP contribution is -2.14. The monoisotopic (exact) mass is 427 g/mol. The number of amides is 1. The number of benzene rings is 3. The SMILES string of the molecule is COc1ccc([N+](=O)[O-])cc1NC(=O)c1cc(-c2cc(C)ccc2C)nc2ccccc12. The molecular formula is C25H21N3O4. The topological polar surface area (TPSA) is 94.4 Å². The Hall–Kier alpha value is -4.26. The number of ether oxygens (including phenoxy) is 1. The highest BCUT2D eigenvalue weighted by Crippen LogP contribution is 2.31. The van der Waals surface area contributed by atoms with Gasteiger partial charge in [0.25, 0.3) is 11.6 Å². The molecule has 0 saturated carbocycles. The number of methoxy groups -OCH3 is 1. The molecule has 0 aliphatic heterocycles. The zero-order valence-electron chi connectivity index (χ0n) is 17.9. The van der Waals surface area contributed by atoms with Gasteiger partial charge >= 0.3 is 0 Å². The van der Waals surface area contributed by atoms with Crippen molar-refractivity contribution < 1.29 is 14.5 Å². The number of nitrogens with zero attached hydrogens (tertiary/aromatic N) is 2. The third kappa shape index (κ3) is 4.00. The minimum Gasteiger partial charge on any atom is -0.495 e. The summed E-state index contributed by atoms with van der Waals surface area (Å²) in [6, 6.07) is 19.3. The zero-order valence-corrected chi connectivity index (χ0v) is 17.9. The Morgan fingerprint density at radius 2 is 1.81 bits per heavy atom. The maximum atomic E-state index is 13.3. The predicted molar refractivity (Wildman–Crippen MR) is 124 cm³/mol. The number of hydrogen-bond acceptors (Lipinski definition) is 5. The van der Waals surface area contributed by atoms with Crippen LogP contribution < -0.4 is 10.1 Å². The number of nitro groups is 1. The highest BCUT2D eigenvalue weighted by atomic mass is 16.6. The summed E-state index contributed by atoms with van der Waals surface area (Å²) >= 11 is 0. The molecular weight excluding hydrogens is 406 g/mol. The van der Waals surface area contributed by atoms with Gasteiger partial charge in [-0.25, -0.2) is 4.98 Å². The van der Waals surface area contributed by atoms with Crippen LogP contribution in [0, 0.1) is 24.0 Å². The first kappa shape index (κ1) is 21.0. The summed E-state index contributed by atoms with van der Waals surface area (Å²) < 4.78 is 5.28. The molecule has 0 unspecified atom stereocenters. The van der Waals surface area contributed by atoms with Gasteiger partial charge in [-0.3, -0.25) is 14.9 Å². The molecule has 0 aliphatic carbocycles. The second-order valence-corrected chi connectivity index (χ2v) is 7.49. The van der Waals surface area contributed by atoms with E-state index in [-0.39, 0.29) is 11.4 Å². The van der Waals surface area contributed by atoms with E-state index in [4.69, 9.17) is 9.72 Å². The van der Waals surface area contributed by atoms with Gasteiger partial charge in [0, 0.05) is 23.1 Å². The largest absolute Gasteiger partial charge is 0.495 e. The van der Waals surface area contributed by atoms with Gasteiger partial charge in [-0.05, 0) is 43.7 Å². The minimum absolute atomic E-state index is 0.142. The Kier molecular flexibility index (Phi) is 5.55. The number of carbonyl (C=O) groups is 1. The lowest BCUT2D eigenvalue weighted by Gasteiger charge is -2.14. The number of aryl methyl sites for hydroxylation is 2. The van der Waals surface area contributed by atoms with E-state index in [1.165, 1.54) is 25.3 Å². The second kappa shape index (κ2) is 8.47. The van der Waals surface area contributed by atoms with E-state index in [1.807, 2.05) is 56.3 Å². The van der Waals surface area contributed by atoms with Crippen molar-refractivity contribution in [1.82, 2.24) is 4.98 Å². The summed E-state index contributed by atoms with van der Waals surface area (Å²) in [5.74, 6) is -0.0778. The minimum atomic E-state index is -0.518. The van der Waals surface area contributed by atoms with Gasteiger partial charge in [-0.1, -0.05) is 35.9 Å². The standard InChI is InChI=1S/C25H21N3O4/c1-15-8-9-16(2)19(12-15)22-14-20(18-6-4-5-7-21(18)26-22)25(29)27-23-13-17(28(30)31)10-11-24(23)32-3/h4-14H,1-3H3,(H,27,29). The Bertz CT molecular complexity index is 1360. The van der Waals surface area contributed by atoms with Crippen molar-refractivity contribution in [3.63, 3.8) is 0 Å². The fourth-order valence-electron chi connectivity index (χ4n) is 3.61. The van der Waals surface area contributed by atoms with Crippen LogP contribution in [0.3, 0.4) is 0 Å². The smallest absolute Gasteiger partial charge is 0.271 e. The molecule has 7 nitrogen and oxygen atoms in total. The molecule has 0 radical (unpaired) electrons. The van der Waals surface area contributed by atoms with Crippen LogP contribution in [0.15, 0.2) is 66.7 Å². The van der Waals surface area contributed by atoms with Crippen LogP contribution in [0.4, 0.5) is 11.4 Å². The molecule has 0 saturated heterocycles. The molecule has 0 bridgehead atoms. The molecule has 1 aromatic heterocycles. The number of carbonyl (C=O) groups excluding carboxylic acids is 1. The number of aromatic nitrogens is 1. The lowest BCUT2D eigenvalue weighted by molar-refractivity contribution is -0.384. The second-order valence-electron chi connectivity index (χ2n) is 7.49. The van der Waals surface area contributed by atoms with Crippen LogP contribution in [0.25, 0.3) is 22.2 Å². The Morgan fingerprint density at radius 3 is 2.56 bits per heavy atom. The lowest BCUT2D eigenvalue weighted by atomic mass is 9.99. The number of anilines is 1. The van der Waals surface area contributed by atoms with E-state index in [0.717, 1.165) is 16.7 Å². The van der Waals surface area contributed by atoms with Gasteiger partial charge in [-0.15, -0.1) is 0 Å². The van der Waals surface area contributed by atoms with Gasteiger partial charge in [-0.2, -0.15) is 0 Å². The number of rotatable bonds is 5. The molecule has 0 fully saturated rings. The van der Waals surface area contributed by atoms with Gasteiger partial charge in [0.05, 0.1) is 34.5 Å². The predicted octanol–water partition coefficient (Wildman–Crippen LogP) is 5.69. The zero-order chi connectivity index (χ0) is 22.8. The number of non-ortho nitro benzene ring substituents is 1. The Balaban J connectivity index is 1.84. The number of nitro benzene ring substituents is 1. The Morgan fingerprint density at radius 1 is 1.03 bits per heavy atom. The summed E-state index contributed by atoms with van der Waals surface area (Å²) in [4.78, 5) is 28.8. The molecule has 4 rings (SSSR count). The highest BCUT2D eigenvalue weighted by molar-refractivity contribution is 6.13. The fourth-order valence-corrected chi connectivity index (χ4v) is 3.61. The van der Waals surface area contributed by atoms with Gasteiger partial charge in [0.2, 0.25) is 0 Å². The van der Waals surface area contributed by atoms with Crippen molar-refractivity contribution in [2.24, 2.45) is 0 Å². The van der Waals surface area contributed by atoms with E-state index in [1.54, 1.807) is 6.07 Å². The van der Waals surface area contributed by atoms with Crippen molar-refractivity contribution in [3.8, 4) is 17.0 Å². The summed E-state index contributed by atoms with van der Waals surface area (Å²) in [5.41, 5.74) is 4.94. The van der Waals surface area contributed by atoms with Crippen LogP contribution in [0.1, 0.15) is 21.5 Å². The van der Waals surface area contributed by atoms with Crippen molar-refractivity contribution in [2.75, 3.05) is 12.4 Å².